The molecule has 128 valence electrons. The number of fused-ring (bicyclic) bond motifs is 1. The van der Waals surface area contributed by atoms with E-state index in [2.05, 4.69) is 18.3 Å². The quantitative estimate of drug-likeness (QED) is 0.940. The Bertz CT molecular complexity index is 739. The van der Waals surface area contributed by atoms with Crippen LogP contribution in [0.5, 0.6) is 0 Å². The maximum Gasteiger partial charge on any atom is 0.227 e. The topological polar surface area (TPSA) is 45.2 Å². The van der Waals surface area contributed by atoms with E-state index in [4.69, 9.17) is 4.98 Å². The molecule has 0 saturated carbocycles. The van der Waals surface area contributed by atoms with E-state index < -0.39 is 0 Å². The van der Waals surface area contributed by atoms with Gasteiger partial charge in [-0.15, -0.1) is 0 Å². The van der Waals surface area contributed by atoms with Crippen molar-refractivity contribution in [2.75, 3.05) is 26.7 Å². The van der Waals surface area contributed by atoms with Gasteiger partial charge in [-0.1, -0.05) is 18.2 Å². The predicted molar refractivity (Wildman–Crippen MR) is 98.2 cm³/mol. The van der Waals surface area contributed by atoms with Crippen molar-refractivity contribution in [2.24, 2.45) is 5.92 Å². The Morgan fingerprint density at radius 2 is 2.12 bits per heavy atom. The Kier molecular flexibility index (Phi) is 5.14. The lowest BCUT2D eigenvalue weighted by Gasteiger charge is -2.33. The first-order valence-corrected chi connectivity index (χ1v) is 8.87. The first-order valence-electron chi connectivity index (χ1n) is 8.87. The third kappa shape index (κ3) is 3.44. The molecule has 4 heteroatoms. The Morgan fingerprint density at radius 1 is 1.33 bits per heavy atom. The van der Waals surface area contributed by atoms with E-state index in [0.717, 1.165) is 48.2 Å². The summed E-state index contributed by atoms with van der Waals surface area (Å²) >= 11 is 0. The number of rotatable bonds is 4. The van der Waals surface area contributed by atoms with E-state index in [0.29, 0.717) is 12.3 Å². The molecule has 1 aliphatic rings. The highest BCUT2D eigenvalue weighted by molar-refractivity contribution is 5.86. The van der Waals surface area contributed by atoms with Crippen LogP contribution in [0.2, 0.25) is 0 Å². The van der Waals surface area contributed by atoms with E-state index in [1.807, 2.05) is 37.1 Å². The van der Waals surface area contributed by atoms with Crippen LogP contribution in [0.1, 0.15) is 29.7 Å². The summed E-state index contributed by atoms with van der Waals surface area (Å²) in [6.45, 7) is 6.87. The van der Waals surface area contributed by atoms with Gasteiger partial charge >= 0.3 is 0 Å². The highest BCUT2D eigenvalue weighted by atomic mass is 16.2. The zero-order chi connectivity index (χ0) is 17.1. The van der Waals surface area contributed by atoms with Crippen LogP contribution in [0.15, 0.2) is 24.3 Å². The van der Waals surface area contributed by atoms with Crippen molar-refractivity contribution in [3.8, 4) is 0 Å². The molecule has 0 spiro atoms. The van der Waals surface area contributed by atoms with E-state index >= 15 is 0 Å². The number of nitrogens with one attached hydrogen (secondary N) is 1. The Hall–Kier alpha value is -1.94. The fourth-order valence-electron chi connectivity index (χ4n) is 3.84. The van der Waals surface area contributed by atoms with Gasteiger partial charge in [-0.25, -0.2) is 0 Å². The zero-order valence-electron chi connectivity index (χ0n) is 14.9. The van der Waals surface area contributed by atoms with Crippen LogP contribution >= 0.6 is 0 Å². The number of pyridine rings is 1. The number of hydrogen-bond acceptors (Lipinski definition) is 3. The summed E-state index contributed by atoms with van der Waals surface area (Å²) in [7, 11) is 1.98. The van der Waals surface area contributed by atoms with Crippen molar-refractivity contribution in [2.45, 2.75) is 33.1 Å². The number of benzene rings is 1. The van der Waals surface area contributed by atoms with Crippen LogP contribution < -0.4 is 5.32 Å². The average molecular weight is 325 g/mol. The summed E-state index contributed by atoms with van der Waals surface area (Å²) in [4.78, 5) is 19.6. The normalized spacial score (nSPS) is 18.1. The predicted octanol–water partition coefficient (Wildman–Crippen LogP) is 2.85. The summed E-state index contributed by atoms with van der Waals surface area (Å²) in [5.74, 6) is 0.809. The molecule has 0 bridgehead atoms. The Labute approximate surface area is 144 Å². The van der Waals surface area contributed by atoms with E-state index in [-0.39, 0.29) is 5.91 Å². The molecule has 1 aliphatic heterocycles. The molecule has 4 nitrogen and oxygen atoms in total. The molecule has 24 heavy (non-hydrogen) atoms. The minimum absolute atomic E-state index is 0.235. The molecule has 0 unspecified atom stereocenters. The number of aryl methyl sites for hydroxylation is 2. The molecule has 1 saturated heterocycles. The third-order valence-corrected chi connectivity index (χ3v) is 5.18. The number of para-hydroxylation sites is 1. The first kappa shape index (κ1) is 16.9. The van der Waals surface area contributed by atoms with Crippen molar-refractivity contribution in [3.05, 3.63) is 41.1 Å². The molecule has 2 aromatic rings. The summed E-state index contributed by atoms with van der Waals surface area (Å²) in [5, 5.41) is 4.39. The molecular weight excluding hydrogens is 298 g/mol. The Morgan fingerprint density at radius 3 is 2.92 bits per heavy atom. The minimum Gasteiger partial charge on any atom is -0.342 e. The van der Waals surface area contributed by atoms with Crippen molar-refractivity contribution >= 4 is 16.8 Å². The first-order chi connectivity index (χ1) is 11.6. The summed E-state index contributed by atoms with van der Waals surface area (Å²) in [6.07, 6.45) is 2.77. The van der Waals surface area contributed by atoms with Crippen LogP contribution in [-0.2, 0) is 11.2 Å². The van der Waals surface area contributed by atoms with Crippen molar-refractivity contribution in [1.82, 2.24) is 15.2 Å². The van der Waals surface area contributed by atoms with Gasteiger partial charge in [0.25, 0.3) is 0 Å². The zero-order valence-corrected chi connectivity index (χ0v) is 14.9. The monoisotopic (exact) mass is 325 g/mol. The number of nitrogens with zero attached hydrogens (tertiary/aromatic N) is 2. The van der Waals surface area contributed by atoms with Gasteiger partial charge in [0.15, 0.2) is 0 Å². The van der Waals surface area contributed by atoms with Crippen LogP contribution in [0.25, 0.3) is 10.9 Å². The molecule has 0 aliphatic carbocycles. The highest BCUT2D eigenvalue weighted by Crippen LogP contribution is 2.24. The van der Waals surface area contributed by atoms with Gasteiger partial charge in [0.2, 0.25) is 5.91 Å². The standard InChI is InChI=1S/C20H27N3O/c1-14-17-8-4-5-9-19(17)22-15(2)18(14)11-20(24)23-10-6-7-16(13-23)12-21-3/h4-5,8-9,16,21H,6-7,10-13H2,1-3H3/t16-/m1/s1. The fourth-order valence-corrected chi connectivity index (χ4v) is 3.84. The summed E-state index contributed by atoms with van der Waals surface area (Å²) < 4.78 is 0. The SMILES string of the molecule is CNC[C@H]1CCCN(C(=O)Cc2c(C)nc3ccccc3c2C)C1. The number of amides is 1. The highest BCUT2D eigenvalue weighted by Gasteiger charge is 2.24. The largest absolute Gasteiger partial charge is 0.342 e. The molecular formula is C20H27N3O. The maximum atomic E-state index is 12.8. The van der Waals surface area contributed by atoms with Crippen molar-refractivity contribution in [1.29, 1.82) is 0 Å². The van der Waals surface area contributed by atoms with Crippen LogP contribution in [-0.4, -0.2) is 42.5 Å². The molecule has 0 radical (unpaired) electrons. The number of hydrogen-bond donors (Lipinski definition) is 1. The second kappa shape index (κ2) is 7.31. The smallest absolute Gasteiger partial charge is 0.227 e. The summed E-state index contributed by atoms with van der Waals surface area (Å²) in [5.41, 5.74) is 4.27. The number of piperidine rings is 1. The number of likely N-dealkylation sites (tertiary alicyclic amines) is 1. The van der Waals surface area contributed by atoms with Gasteiger partial charge in [0.05, 0.1) is 11.9 Å². The molecule has 1 aromatic carbocycles. The fraction of sp³-hybridized carbons (Fsp3) is 0.500. The van der Waals surface area contributed by atoms with Crippen molar-refractivity contribution < 1.29 is 4.79 Å². The van der Waals surface area contributed by atoms with Gasteiger partial charge in [-0.3, -0.25) is 9.78 Å². The van der Waals surface area contributed by atoms with Gasteiger partial charge in [0.1, 0.15) is 0 Å². The molecule has 1 atom stereocenters. The number of carbonyl (C=O) groups excluding carboxylic acids is 1. The van der Waals surface area contributed by atoms with Crippen molar-refractivity contribution in [3.63, 3.8) is 0 Å². The van der Waals surface area contributed by atoms with Gasteiger partial charge in [-0.2, -0.15) is 0 Å². The lowest BCUT2D eigenvalue weighted by molar-refractivity contribution is -0.132. The molecule has 3 rings (SSSR count). The maximum absolute atomic E-state index is 12.8. The second-order valence-electron chi connectivity index (χ2n) is 6.90. The molecule has 2 heterocycles. The van der Waals surface area contributed by atoms with Gasteiger partial charge < -0.3 is 10.2 Å². The molecule has 1 aromatic heterocycles. The molecule has 1 amide bonds. The van der Waals surface area contributed by atoms with Gasteiger partial charge in [-0.05, 0) is 63.4 Å². The van der Waals surface area contributed by atoms with Gasteiger partial charge in [0, 0.05) is 24.2 Å². The summed E-state index contributed by atoms with van der Waals surface area (Å²) in [6, 6.07) is 8.17. The lowest BCUT2D eigenvalue weighted by Crippen LogP contribution is -2.43. The van der Waals surface area contributed by atoms with Crippen LogP contribution in [0.4, 0.5) is 0 Å². The Balaban J connectivity index is 1.80. The lowest BCUT2D eigenvalue weighted by atomic mass is 9.96. The third-order valence-electron chi connectivity index (χ3n) is 5.18. The minimum atomic E-state index is 0.235. The average Bonchev–Trinajstić information content (AvgIpc) is 2.59. The molecule has 1 N–H and O–H groups in total. The van der Waals surface area contributed by atoms with E-state index in [1.165, 1.54) is 12.0 Å². The van der Waals surface area contributed by atoms with Crippen LogP contribution in [0.3, 0.4) is 0 Å². The molecule has 1 fully saturated rings. The number of aromatic nitrogens is 1. The second-order valence-corrected chi connectivity index (χ2v) is 6.90. The number of carbonyl (C=O) groups is 1. The van der Waals surface area contributed by atoms with E-state index in [9.17, 15) is 4.79 Å². The van der Waals surface area contributed by atoms with E-state index in [1.54, 1.807) is 0 Å². The van der Waals surface area contributed by atoms with Crippen LogP contribution in [0, 0.1) is 19.8 Å².